The number of nitrogens with zero attached hydrogens (tertiary/aromatic N) is 7. The fourth-order valence-electron chi connectivity index (χ4n) is 9.25. The molecule has 25 nitrogen and oxygen atoms in total. The molecule has 12 N–H and O–H groups in total. The van der Waals surface area contributed by atoms with Gasteiger partial charge in [0.2, 0.25) is 0 Å². The lowest BCUT2D eigenvalue weighted by Crippen LogP contribution is -2.55. The SMILES string of the molecule is CN(C(=O)N1CCN(C(=O)O)CC1)C1CCNCC1.N=C(N)Nc1ccc(CNC(=O)N2CCN(C(=O)O[C@H]3CCC[C@@H](OC(=O)N4CCN(C(=O)NCc5ccc(NC(=N)N)cc5)CC4)CCC3)CC2)cc1. The minimum atomic E-state index is -0.904. The van der Waals surface area contributed by atoms with Crippen LogP contribution in [0.25, 0.3) is 0 Å². The summed E-state index contributed by atoms with van der Waals surface area (Å²) < 4.78 is 11.8. The van der Waals surface area contributed by atoms with E-state index in [9.17, 15) is 28.8 Å². The topological polar surface area (TPSA) is 324 Å². The van der Waals surface area contributed by atoms with Gasteiger partial charge in [0.25, 0.3) is 0 Å². The fraction of sp³-hybridized carbons (Fsp3) is 0.583. The predicted octanol–water partition coefficient (Wildman–Crippen LogP) is 3.10. The number of benzene rings is 2. The third kappa shape index (κ3) is 17.4. The molecule has 73 heavy (non-hydrogen) atoms. The Hall–Kier alpha value is -7.44. The number of amides is 9. The molecule has 25 heteroatoms. The van der Waals surface area contributed by atoms with Gasteiger partial charge in [0, 0.05) is 116 Å². The van der Waals surface area contributed by atoms with Gasteiger partial charge in [-0.15, -0.1) is 0 Å². The molecule has 9 amide bonds. The zero-order valence-corrected chi connectivity index (χ0v) is 41.8. The minimum absolute atomic E-state index is 0.0249. The summed E-state index contributed by atoms with van der Waals surface area (Å²) in [6, 6.07) is 14.4. The number of nitrogens with one attached hydrogen (secondary N) is 7. The molecule has 2 aromatic rings. The lowest BCUT2D eigenvalue weighted by molar-refractivity contribution is 0.0196. The van der Waals surface area contributed by atoms with E-state index in [2.05, 4.69) is 26.6 Å². The quantitative estimate of drug-likeness (QED) is 0.128. The molecule has 0 aromatic heterocycles. The first kappa shape index (κ1) is 54.9. The monoisotopic (exact) mass is 1020 g/mol. The van der Waals surface area contributed by atoms with E-state index in [1.165, 1.54) is 4.90 Å². The number of rotatable bonds is 9. The van der Waals surface area contributed by atoms with Crippen molar-refractivity contribution >= 4 is 59.7 Å². The van der Waals surface area contributed by atoms with Crippen molar-refractivity contribution in [1.29, 1.82) is 10.8 Å². The molecule has 0 spiro atoms. The Kier molecular flexibility index (Phi) is 20.6. The Morgan fingerprint density at radius 3 is 1.30 bits per heavy atom. The molecule has 0 atom stereocenters. The summed E-state index contributed by atoms with van der Waals surface area (Å²) in [5.41, 5.74) is 13.9. The number of carboxylic acid groups (broad SMARTS) is 1. The predicted molar refractivity (Wildman–Crippen MR) is 273 cm³/mol. The first-order valence-corrected chi connectivity index (χ1v) is 25.2. The zero-order valence-electron chi connectivity index (χ0n) is 41.8. The number of piperidine rings is 1. The molecular formula is C48H74N16O9. The number of carbonyl (C=O) groups excluding carboxylic acids is 5. The smallest absolute Gasteiger partial charge is 0.410 e. The van der Waals surface area contributed by atoms with Gasteiger partial charge in [0.05, 0.1) is 0 Å². The molecule has 4 aliphatic heterocycles. The Bertz CT molecular complexity index is 2050. The van der Waals surface area contributed by atoms with Gasteiger partial charge in [-0.2, -0.15) is 0 Å². The van der Waals surface area contributed by atoms with E-state index < -0.39 is 6.09 Å². The fourth-order valence-corrected chi connectivity index (χ4v) is 9.25. The van der Waals surface area contributed by atoms with Crippen LogP contribution in [0.4, 0.5) is 40.1 Å². The van der Waals surface area contributed by atoms with Gasteiger partial charge in [-0.3, -0.25) is 10.8 Å². The van der Waals surface area contributed by atoms with Crippen molar-refractivity contribution < 1.29 is 43.3 Å². The first-order chi connectivity index (χ1) is 35.1. The Balaban J connectivity index is 0.000000381. The van der Waals surface area contributed by atoms with E-state index in [0.29, 0.717) is 135 Å². The first-order valence-electron chi connectivity index (χ1n) is 25.2. The number of hydrogen-bond acceptors (Lipinski definition) is 11. The van der Waals surface area contributed by atoms with Crippen molar-refractivity contribution in [3.8, 4) is 0 Å². The van der Waals surface area contributed by atoms with Crippen LogP contribution in [0.3, 0.4) is 0 Å². The molecule has 0 unspecified atom stereocenters. The van der Waals surface area contributed by atoms with Crippen LogP contribution in [0, 0.1) is 10.8 Å². The summed E-state index contributed by atoms with van der Waals surface area (Å²) in [5.74, 6) is -0.290. The average Bonchev–Trinajstić information content (AvgIpc) is 3.39. The molecule has 5 aliphatic rings. The van der Waals surface area contributed by atoms with Crippen molar-refractivity contribution in [3.05, 3.63) is 59.7 Å². The Morgan fingerprint density at radius 2 is 0.932 bits per heavy atom. The van der Waals surface area contributed by atoms with Crippen molar-refractivity contribution in [1.82, 2.24) is 50.2 Å². The molecule has 1 saturated carbocycles. The second kappa shape index (κ2) is 27.4. The number of nitrogens with two attached hydrogens (primary N) is 2. The average molecular weight is 1020 g/mol. The molecule has 5 fully saturated rings. The highest BCUT2D eigenvalue weighted by Crippen LogP contribution is 2.24. The lowest BCUT2D eigenvalue weighted by Gasteiger charge is -2.39. The van der Waals surface area contributed by atoms with Crippen LogP contribution in [0.2, 0.25) is 0 Å². The standard InChI is InChI=1S/C36H52N12O6.C12H22N4O3/c37-31(38)43-27-11-7-25(8-12-27)23-41-33(49)45-15-19-47(20-16-45)35(51)53-29-3-1-4-30(6-2-5-29)54-36(52)48-21-17-46(18-22-48)34(50)42-24-26-9-13-28(14-10-26)44-32(39)40;1-14(10-2-4-13-5-3-10)11(17)15-6-8-16(9-7-15)12(18)19/h7-14,29-30H,1-6,15-24H2,(H,41,49)(H,42,50)(H4,37,38,43)(H4,39,40,44);10,13H,2-9H2,1H3,(H,18,19)/t29-,30+;. The molecule has 2 aromatic carbocycles. The summed E-state index contributed by atoms with van der Waals surface area (Å²) in [6.45, 7) is 7.55. The normalized spacial score (nSPS) is 19.6. The van der Waals surface area contributed by atoms with Crippen LogP contribution < -0.4 is 38.1 Å². The highest BCUT2D eigenvalue weighted by atomic mass is 16.6. The van der Waals surface area contributed by atoms with Crippen LogP contribution >= 0.6 is 0 Å². The molecule has 4 saturated heterocycles. The van der Waals surface area contributed by atoms with Gasteiger partial charge in [0.1, 0.15) is 12.2 Å². The summed E-state index contributed by atoms with van der Waals surface area (Å²) in [4.78, 5) is 86.2. The molecule has 0 radical (unpaired) electrons. The molecule has 4 heterocycles. The van der Waals surface area contributed by atoms with Crippen molar-refractivity contribution in [2.45, 2.75) is 82.7 Å². The van der Waals surface area contributed by atoms with Crippen LogP contribution in [0.1, 0.15) is 62.5 Å². The second-order valence-electron chi connectivity index (χ2n) is 18.7. The molecule has 400 valence electrons. The maximum absolute atomic E-state index is 13.0. The van der Waals surface area contributed by atoms with Crippen LogP contribution in [-0.2, 0) is 22.6 Å². The van der Waals surface area contributed by atoms with E-state index in [4.69, 9.17) is 36.9 Å². The highest BCUT2D eigenvalue weighted by molar-refractivity contribution is 5.90. The molecular weight excluding hydrogens is 945 g/mol. The number of anilines is 2. The zero-order chi connectivity index (χ0) is 52.3. The van der Waals surface area contributed by atoms with Gasteiger partial charge in [-0.1, -0.05) is 24.3 Å². The van der Waals surface area contributed by atoms with Crippen molar-refractivity contribution in [2.75, 3.05) is 109 Å². The maximum atomic E-state index is 13.0. The number of hydrogen-bond donors (Lipinski definition) is 10. The number of piperazine rings is 3. The largest absolute Gasteiger partial charge is 0.465 e. The maximum Gasteiger partial charge on any atom is 0.410 e. The molecule has 7 rings (SSSR count). The Labute approximate surface area is 426 Å². The summed E-state index contributed by atoms with van der Waals surface area (Å²) >= 11 is 0. The van der Waals surface area contributed by atoms with Gasteiger partial charge < -0.3 is 86.9 Å². The third-order valence-electron chi connectivity index (χ3n) is 13.6. The van der Waals surface area contributed by atoms with E-state index in [1.54, 1.807) is 48.8 Å². The number of guanidine groups is 2. The van der Waals surface area contributed by atoms with Gasteiger partial charge in [-0.05, 0) is 99.8 Å². The Morgan fingerprint density at radius 1 is 0.575 bits per heavy atom. The van der Waals surface area contributed by atoms with Crippen LogP contribution in [0.5, 0.6) is 0 Å². The van der Waals surface area contributed by atoms with Crippen molar-refractivity contribution in [2.24, 2.45) is 11.5 Å². The van der Waals surface area contributed by atoms with Gasteiger partial charge in [-0.25, -0.2) is 28.8 Å². The van der Waals surface area contributed by atoms with Crippen LogP contribution in [0.15, 0.2) is 48.5 Å². The van der Waals surface area contributed by atoms with Gasteiger partial charge in [0.15, 0.2) is 11.9 Å². The highest BCUT2D eigenvalue weighted by Gasteiger charge is 2.32. The number of ether oxygens (including phenoxy) is 2. The molecule has 1 aliphatic carbocycles. The lowest BCUT2D eigenvalue weighted by atomic mass is 9.96. The summed E-state index contributed by atoms with van der Waals surface area (Å²) in [6.07, 6.45) is 4.14. The van der Waals surface area contributed by atoms with Crippen LogP contribution in [-0.4, -0.2) is 205 Å². The molecule has 0 bridgehead atoms. The number of urea groups is 3. The van der Waals surface area contributed by atoms with E-state index >= 15 is 0 Å². The number of carbonyl (C=O) groups is 6. The summed E-state index contributed by atoms with van der Waals surface area (Å²) in [7, 11) is 1.85. The van der Waals surface area contributed by atoms with E-state index in [1.807, 2.05) is 36.2 Å². The minimum Gasteiger partial charge on any atom is -0.465 e. The van der Waals surface area contributed by atoms with E-state index in [-0.39, 0.29) is 54.4 Å². The second-order valence-corrected chi connectivity index (χ2v) is 18.7. The third-order valence-corrected chi connectivity index (χ3v) is 13.6. The van der Waals surface area contributed by atoms with Crippen molar-refractivity contribution in [3.63, 3.8) is 0 Å². The summed E-state index contributed by atoms with van der Waals surface area (Å²) in [5, 5.41) is 38.0. The van der Waals surface area contributed by atoms with Gasteiger partial charge >= 0.3 is 36.4 Å². The van der Waals surface area contributed by atoms with E-state index in [0.717, 1.165) is 49.9 Å².